The number of ether oxygens (including phenoxy) is 1. The minimum Gasteiger partial charge on any atom is -0.382 e. The maximum atomic E-state index is 13.7. The SMILES string of the molecule is CCOCCCNC(=S)N(C)C(C)c1ccccc1F. The topological polar surface area (TPSA) is 24.5 Å². The van der Waals surface area contributed by atoms with Gasteiger partial charge in [-0.25, -0.2) is 4.39 Å². The summed E-state index contributed by atoms with van der Waals surface area (Å²) in [6.45, 7) is 6.12. The Morgan fingerprint density at radius 3 is 2.80 bits per heavy atom. The van der Waals surface area contributed by atoms with Gasteiger partial charge < -0.3 is 15.0 Å². The second-order valence-corrected chi connectivity index (χ2v) is 4.98. The molecule has 1 N–H and O–H groups in total. The van der Waals surface area contributed by atoms with Gasteiger partial charge in [-0.3, -0.25) is 0 Å². The first-order valence-corrected chi connectivity index (χ1v) is 7.31. The third-order valence-corrected chi connectivity index (χ3v) is 3.63. The van der Waals surface area contributed by atoms with Crippen molar-refractivity contribution in [2.75, 3.05) is 26.8 Å². The Hall–Kier alpha value is -1.20. The molecule has 0 aliphatic carbocycles. The number of nitrogens with one attached hydrogen (secondary N) is 1. The predicted molar refractivity (Wildman–Crippen MR) is 84.3 cm³/mol. The van der Waals surface area contributed by atoms with Crippen molar-refractivity contribution in [1.82, 2.24) is 10.2 Å². The predicted octanol–water partition coefficient (Wildman–Crippen LogP) is 3.12. The molecule has 0 aliphatic heterocycles. The summed E-state index contributed by atoms with van der Waals surface area (Å²) in [5, 5.41) is 3.79. The van der Waals surface area contributed by atoms with Crippen LogP contribution in [0.25, 0.3) is 0 Å². The molecule has 0 fully saturated rings. The van der Waals surface area contributed by atoms with Crippen LogP contribution in [-0.4, -0.2) is 36.8 Å². The van der Waals surface area contributed by atoms with E-state index in [1.165, 1.54) is 6.07 Å². The minimum atomic E-state index is -0.203. The highest BCUT2D eigenvalue weighted by atomic mass is 32.1. The largest absolute Gasteiger partial charge is 0.382 e. The van der Waals surface area contributed by atoms with Gasteiger partial charge in [0.2, 0.25) is 0 Å². The maximum absolute atomic E-state index is 13.7. The van der Waals surface area contributed by atoms with Crippen molar-refractivity contribution < 1.29 is 9.13 Å². The average molecular weight is 298 g/mol. The van der Waals surface area contributed by atoms with Crippen molar-refractivity contribution in [2.45, 2.75) is 26.3 Å². The van der Waals surface area contributed by atoms with Gasteiger partial charge in [-0.05, 0) is 38.6 Å². The van der Waals surface area contributed by atoms with E-state index in [0.29, 0.717) is 10.7 Å². The van der Waals surface area contributed by atoms with Gasteiger partial charge in [0.15, 0.2) is 5.11 Å². The first-order chi connectivity index (χ1) is 9.57. The Kier molecular flexibility index (Phi) is 7.47. The van der Waals surface area contributed by atoms with E-state index in [2.05, 4.69) is 5.32 Å². The Morgan fingerprint density at radius 1 is 1.45 bits per heavy atom. The second-order valence-electron chi connectivity index (χ2n) is 4.59. The van der Waals surface area contributed by atoms with Crippen LogP contribution < -0.4 is 5.32 Å². The van der Waals surface area contributed by atoms with Crippen molar-refractivity contribution in [3.05, 3.63) is 35.6 Å². The maximum Gasteiger partial charge on any atom is 0.169 e. The highest BCUT2D eigenvalue weighted by Crippen LogP contribution is 2.21. The van der Waals surface area contributed by atoms with E-state index in [1.807, 2.05) is 31.9 Å². The van der Waals surface area contributed by atoms with Crippen LogP contribution in [0.4, 0.5) is 4.39 Å². The molecule has 1 unspecified atom stereocenters. The Bertz CT molecular complexity index is 428. The van der Waals surface area contributed by atoms with Crippen LogP contribution in [0.1, 0.15) is 31.9 Å². The van der Waals surface area contributed by atoms with Crippen molar-refractivity contribution in [2.24, 2.45) is 0 Å². The molecule has 0 radical (unpaired) electrons. The fourth-order valence-electron chi connectivity index (χ4n) is 1.84. The molecule has 5 heteroatoms. The molecule has 3 nitrogen and oxygen atoms in total. The molecule has 20 heavy (non-hydrogen) atoms. The van der Waals surface area contributed by atoms with E-state index in [-0.39, 0.29) is 11.9 Å². The van der Waals surface area contributed by atoms with E-state index >= 15 is 0 Å². The fourth-order valence-corrected chi connectivity index (χ4v) is 2.10. The van der Waals surface area contributed by atoms with E-state index in [0.717, 1.165) is 26.2 Å². The zero-order valence-corrected chi connectivity index (χ0v) is 13.2. The van der Waals surface area contributed by atoms with Crippen LogP contribution in [0.2, 0.25) is 0 Å². The lowest BCUT2D eigenvalue weighted by Crippen LogP contribution is -2.39. The van der Waals surface area contributed by atoms with Crippen LogP contribution >= 0.6 is 12.2 Å². The van der Waals surface area contributed by atoms with E-state index in [4.69, 9.17) is 17.0 Å². The van der Waals surface area contributed by atoms with Crippen LogP contribution in [0.3, 0.4) is 0 Å². The van der Waals surface area contributed by atoms with Gasteiger partial charge in [-0.1, -0.05) is 18.2 Å². The lowest BCUT2D eigenvalue weighted by atomic mass is 10.1. The van der Waals surface area contributed by atoms with E-state index in [1.54, 1.807) is 12.1 Å². The lowest BCUT2D eigenvalue weighted by Gasteiger charge is -2.28. The summed E-state index contributed by atoms with van der Waals surface area (Å²) >= 11 is 5.33. The van der Waals surface area contributed by atoms with E-state index < -0.39 is 0 Å². The number of hydrogen-bond acceptors (Lipinski definition) is 2. The molecule has 1 rings (SSSR count). The Balaban J connectivity index is 2.46. The standard InChI is InChI=1S/C15H23FN2OS/c1-4-19-11-7-10-17-15(20)18(3)12(2)13-8-5-6-9-14(13)16/h5-6,8-9,12H,4,7,10-11H2,1-3H3,(H,17,20). The Morgan fingerprint density at radius 2 is 2.15 bits per heavy atom. The summed E-state index contributed by atoms with van der Waals surface area (Å²) in [4.78, 5) is 1.87. The van der Waals surface area contributed by atoms with Crippen molar-refractivity contribution in [3.63, 3.8) is 0 Å². The third-order valence-electron chi connectivity index (χ3n) is 3.20. The fraction of sp³-hybridized carbons (Fsp3) is 0.533. The van der Waals surface area contributed by atoms with Gasteiger partial charge in [0, 0.05) is 32.4 Å². The van der Waals surface area contributed by atoms with Crippen molar-refractivity contribution in [3.8, 4) is 0 Å². The van der Waals surface area contributed by atoms with Gasteiger partial charge in [0.1, 0.15) is 5.82 Å². The van der Waals surface area contributed by atoms with Crippen LogP contribution in [0.5, 0.6) is 0 Å². The molecular weight excluding hydrogens is 275 g/mol. The highest BCUT2D eigenvalue weighted by molar-refractivity contribution is 7.80. The molecule has 1 aromatic carbocycles. The molecule has 1 atom stereocenters. The average Bonchev–Trinajstić information content (AvgIpc) is 2.46. The molecule has 1 aromatic rings. The number of halogens is 1. The molecule has 0 saturated heterocycles. The summed E-state index contributed by atoms with van der Waals surface area (Å²) in [6, 6.07) is 6.67. The zero-order valence-electron chi connectivity index (χ0n) is 12.4. The molecule has 112 valence electrons. The molecular formula is C15H23FN2OS. The summed E-state index contributed by atoms with van der Waals surface area (Å²) in [5.74, 6) is -0.203. The number of rotatable bonds is 7. The zero-order chi connectivity index (χ0) is 15.0. The number of nitrogens with zero attached hydrogens (tertiary/aromatic N) is 1. The van der Waals surface area contributed by atoms with Crippen LogP contribution in [0, 0.1) is 5.82 Å². The van der Waals surface area contributed by atoms with Crippen molar-refractivity contribution >= 4 is 17.3 Å². The summed E-state index contributed by atoms with van der Waals surface area (Å²) in [6.07, 6.45) is 0.899. The first kappa shape index (κ1) is 16.9. The number of benzene rings is 1. The smallest absolute Gasteiger partial charge is 0.169 e. The molecule has 0 spiro atoms. The number of hydrogen-bond donors (Lipinski definition) is 1. The molecule has 0 amide bonds. The van der Waals surface area contributed by atoms with Gasteiger partial charge in [-0.2, -0.15) is 0 Å². The normalized spacial score (nSPS) is 12.0. The summed E-state index contributed by atoms with van der Waals surface area (Å²) < 4.78 is 19.0. The summed E-state index contributed by atoms with van der Waals surface area (Å²) in [5.41, 5.74) is 0.647. The van der Waals surface area contributed by atoms with Gasteiger partial charge >= 0.3 is 0 Å². The van der Waals surface area contributed by atoms with Gasteiger partial charge in [-0.15, -0.1) is 0 Å². The third kappa shape index (κ3) is 5.06. The quantitative estimate of drug-likeness (QED) is 0.617. The molecule has 0 heterocycles. The number of thiocarbonyl (C=S) groups is 1. The molecule has 0 saturated carbocycles. The molecule has 0 bridgehead atoms. The highest BCUT2D eigenvalue weighted by Gasteiger charge is 2.17. The van der Waals surface area contributed by atoms with Gasteiger partial charge in [0.25, 0.3) is 0 Å². The van der Waals surface area contributed by atoms with Crippen LogP contribution in [-0.2, 0) is 4.74 Å². The van der Waals surface area contributed by atoms with Crippen LogP contribution in [0.15, 0.2) is 24.3 Å². The second kappa shape index (κ2) is 8.87. The molecule has 0 aliphatic rings. The van der Waals surface area contributed by atoms with Gasteiger partial charge in [0.05, 0.1) is 6.04 Å². The lowest BCUT2D eigenvalue weighted by molar-refractivity contribution is 0.145. The summed E-state index contributed by atoms with van der Waals surface area (Å²) in [7, 11) is 1.87. The molecule has 0 aromatic heterocycles. The Labute approximate surface area is 126 Å². The van der Waals surface area contributed by atoms with E-state index in [9.17, 15) is 4.39 Å². The monoisotopic (exact) mass is 298 g/mol. The van der Waals surface area contributed by atoms with Crippen molar-refractivity contribution in [1.29, 1.82) is 0 Å². The first-order valence-electron chi connectivity index (χ1n) is 6.90. The minimum absolute atomic E-state index is 0.108.